The molecule has 0 bridgehead atoms. The second-order valence-electron chi connectivity index (χ2n) is 4.69. The Morgan fingerprint density at radius 2 is 2.08 bits per heavy atom. The molecule has 2 fully saturated rings. The summed E-state index contributed by atoms with van der Waals surface area (Å²) in [5, 5.41) is 0. The molecule has 2 saturated heterocycles. The minimum Gasteiger partial charge on any atom is -0.383 e. The average molecular weight is 184 g/mol. The van der Waals surface area contributed by atoms with E-state index in [0.717, 1.165) is 13.2 Å². The Balaban J connectivity index is 1.75. The molecule has 3 nitrogen and oxygen atoms in total. The molecule has 0 amide bonds. The Bertz CT molecular complexity index is 178. The summed E-state index contributed by atoms with van der Waals surface area (Å²) in [6.07, 6.45) is 1.39. The van der Waals surface area contributed by atoms with E-state index in [9.17, 15) is 0 Å². The van der Waals surface area contributed by atoms with Crippen molar-refractivity contribution in [1.82, 2.24) is 9.80 Å². The lowest BCUT2D eigenvalue weighted by atomic mass is 9.79. The summed E-state index contributed by atoms with van der Waals surface area (Å²) >= 11 is 0. The van der Waals surface area contributed by atoms with Crippen LogP contribution in [0.3, 0.4) is 0 Å². The van der Waals surface area contributed by atoms with E-state index in [1.54, 1.807) is 7.11 Å². The summed E-state index contributed by atoms with van der Waals surface area (Å²) < 4.78 is 5.09. The molecular formula is C10H20N2O. The van der Waals surface area contributed by atoms with Gasteiger partial charge >= 0.3 is 0 Å². The van der Waals surface area contributed by atoms with Gasteiger partial charge in [-0.2, -0.15) is 0 Å². The molecule has 13 heavy (non-hydrogen) atoms. The molecule has 0 aliphatic carbocycles. The highest BCUT2D eigenvalue weighted by Crippen LogP contribution is 2.38. The van der Waals surface area contributed by atoms with Crippen molar-refractivity contribution in [1.29, 1.82) is 0 Å². The van der Waals surface area contributed by atoms with Crippen LogP contribution in [0, 0.1) is 5.41 Å². The Morgan fingerprint density at radius 3 is 2.69 bits per heavy atom. The average Bonchev–Trinajstić information content (AvgIpc) is 2.45. The summed E-state index contributed by atoms with van der Waals surface area (Å²) in [5.74, 6) is 0. The smallest absolute Gasteiger partial charge is 0.0589 e. The fourth-order valence-corrected chi connectivity index (χ4v) is 2.80. The molecule has 0 radical (unpaired) electrons. The Hall–Kier alpha value is -0.120. The molecule has 2 heterocycles. The van der Waals surface area contributed by atoms with Gasteiger partial charge in [0.15, 0.2) is 0 Å². The minimum absolute atomic E-state index is 0.655. The van der Waals surface area contributed by atoms with Gasteiger partial charge in [-0.15, -0.1) is 0 Å². The van der Waals surface area contributed by atoms with Gasteiger partial charge in [0.1, 0.15) is 0 Å². The second kappa shape index (κ2) is 3.56. The standard InChI is InChI=1S/C10H20N2O/c1-11-7-10(8-11)3-4-12(9-10)5-6-13-2/h3-9H2,1-2H3. The van der Waals surface area contributed by atoms with Crippen molar-refractivity contribution in [2.24, 2.45) is 5.41 Å². The Labute approximate surface area is 80.6 Å². The van der Waals surface area contributed by atoms with Gasteiger partial charge in [-0.05, 0) is 20.0 Å². The third kappa shape index (κ3) is 1.87. The molecule has 0 atom stereocenters. The van der Waals surface area contributed by atoms with Crippen LogP contribution < -0.4 is 0 Å². The molecule has 0 unspecified atom stereocenters. The van der Waals surface area contributed by atoms with E-state index in [1.165, 1.54) is 32.6 Å². The Morgan fingerprint density at radius 1 is 1.31 bits per heavy atom. The number of methoxy groups -OCH3 is 1. The van der Waals surface area contributed by atoms with Gasteiger partial charge in [-0.3, -0.25) is 0 Å². The number of rotatable bonds is 3. The first-order valence-electron chi connectivity index (χ1n) is 5.14. The van der Waals surface area contributed by atoms with E-state index in [2.05, 4.69) is 16.8 Å². The number of hydrogen-bond acceptors (Lipinski definition) is 3. The predicted octanol–water partition coefficient (Wildman–Crippen LogP) is 0.270. The zero-order valence-corrected chi connectivity index (χ0v) is 8.75. The summed E-state index contributed by atoms with van der Waals surface area (Å²) in [4.78, 5) is 4.95. The Kier molecular flexibility index (Phi) is 2.58. The van der Waals surface area contributed by atoms with Crippen molar-refractivity contribution in [2.75, 3.05) is 53.5 Å². The van der Waals surface area contributed by atoms with Crippen molar-refractivity contribution in [3.8, 4) is 0 Å². The minimum atomic E-state index is 0.655. The highest BCUT2D eigenvalue weighted by Gasteiger charge is 2.45. The van der Waals surface area contributed by atoms with Gasteiger partial charge in [-0.1, -0.05) is 0 Å². The van der Waals surface area contributed by atoms with Gasteiger partial charge in [0.2, 0.25) is 0 Å². The topological polar surface area (TPSA) is 15.7 Å². The quantitative estimate of drug-likeness (QED) is 0.626. The van der Waals surface area contributed by atoms with Crippen LogP contribution >= 0.6 is 0 Å². The van der Waals surface area contributed by atoms with Crippen LogP contribution in [0.1, 0.15) is 6.42 Å². The van der Waals surface area contributed by atoms with Gasteiger partial charge in [-0.25, -0.2) is 0 Å². The van der Waals surface area contributed by atoms with E-state index < -0.39 is 0 Å². The van der Waals surface area contributed by atoms with Crippen LogP contribution in [0.2, 0.25) is 0 Å². The predicted molar refractivity (Wildman–Crippen MR) is 52.9 cm³/mol. The molecule has 0 aromatic heterocycles. The van der Waals surface area contributed by atoms with Crippen LogP contribution in [0.5, 0.6) is 0 Å². The third-order valence-corrected chi connectivity index (χ3v) is 3.34. The maximum absolute atomic E-state index is 5.09. The van der Waals surface area contributed by atoms with Gasteiger partial charge in [0, 0.05) is 38.7 Å². The largest absolute Gasteiger partial charge is 0.383 e. The first kappa shape index (κ1) is 9.44. The lowest BCUT2D eigenvalue weighted by Crippen LogP contribution is -2.55. The molecule has 1 spiro atoms. The molecule has 0 aromatic carbocycles. The van der Waals surface area contributed by atoms with Crippen molar-refractivity contribution >= 4 is 0 Å². The first-order chi connectivity index (χ1) is 6.24. The van der Waals surface area contributed by atoms with E-state index in [1.807, 2.05) is 0 Å². The van der Waals surface area contributed by atoms with Gasteiger partial charge in [0.05, 0.1) is 6.61 Å². The zero-order chi connectivity index (χ0) is 9.31. The van der Waals surface area contributed by atoms with Crippen molar-refractivity contribution < 1.29 is 4.74 Å². The second-order valence-corrected chi connectivity index (χ2v) is 4.69. The zero-order valence-electron chi connectivity index (χ0n) is 8.75. The van der Waals surface area contributed by atoms with E-state index in [-0.39, 0.29) is 0 Å². The fraction of sp³-hybridized carbons (Fsp3) is 1.00. The maximum Gasteiger partial charge on any atom is 0.0589 e. The number of ether oxygens (including phenoxy) is 1. The summed E-state index contributed by atoms with van der Waals surface area (Å²) in [6.45, 7) is 7.17. The van der Waals surface area contributed by atoms with Crippen molar-refractivity contribution in [3.05, 3.63) is 0 Å². The molecule has 0 aromatic rings. The summed E-state index contributed by atoms with van der Waals surface area (Å²) in [6, 6.07) is 0. The molecule has 2 aliphatic heterocycles. The number of hydrogen-bond donors (Lipinski definition) is 0. The van der Waals surface area contributed by atoms with E-state index in [4.69, 9.17) is 4.74 Å². The fourth-order valence-electron chi connectivity index (χ4n) is 2.80. The van der Waals surface area contributed by atoms with Crippen molar-refractivity contribution in [2.45, 2.75) is 6.42 Å². The SMILES string of the molecule is COCCN1CCC2(CN(C)C2)C1. The molecule has 76 valence electrons. The molecule has 3 heteroatoms. The van der Waals surface area contributed by atoms with E-state index in [0.29, 0.717) is 5.41 Å². The third-order valence-electron chi connectivity index (χ3n) is 3.34. The van der Waals surface area contributed by atoms with Crippen LogP contribution in [-0.2, 0) is 4.74 Å². The van der Waals surface area contributed by atoms with Crippen LogP contribution in [0.4, 0.5) is 0 Å². The number of nitrogens with zero attached hydrogens (tertiary/aromatic N) is 2. The highest BCUT2D eigenvalue weighted by atomic mass is 16.5. The first-order valence-corrected chi connectivity index (χ1v) is 5.14. The van der Waals surface area contributed by atoms with Gasteiger partial charge in [0.25, 0.3) is 0 Å². The van der Waals surface area contributed by atoms with Gasteiger partial charge < -0.3 is 14.5 Å². The molecule has 0 N–H and O–H groups in total. The lowest BCUT2D eigenvalue weighted by molar-refractivity contribution is 0.0285. The summed E-state index contributed by atoms with van der Waals surface area (Å²) in [5.41, 5.74) is 0.655. The van der Waals surface area contributed by atoms with Crippen molar-refractivity contribution in [3.63, 3.8) is 0 Å². The normalized spacial score (nSPS) is 28.2. The van der Waals surface area contributed by atoms with Crippen LogP contribution in [0.15, 0.2) is 0 Å². The van der Waals surface area contributed by atoms with Crippen LogP contribution in [0.25, 0.3) is 0 Å². The van der Waals surface area contributed by atoms with Crippen LogP contribution in [-0.4, -0.2) is 63.3 Å². The lowest BCUT2D eigenvalue weighted by Gasteiger charge is -2.46. The number of likely N-dealkylation sites (tertiary alicyclic amines) is 2. The van der Waals surface area contributed by atoms with E-state index >= 15 is 0 Å². The molecular weight excluding hydrogens is 164 g/mol. The maximum atomic E-state index is 5.09. The molecule has 0 saturated carbocycles. The molecule has 2 rings (SSSR count). The monoisotopic (exact) mass is 184 g/mol. The highest BCUT2D eigenvalue weighted by molar-refractivity contribution is 4.99. The summed E-state index contributed by atoms with van der Waals surface area (Å²) in [7, 11) is 3.99. The molecule has 2 aliphatic rings.